The zero-order valence-corrected chi connectivity index (χ0v) is 20.3. The van der Waals surface area contributed by atoms with E-state index in [-0.39, 0.29) is 23.5 Å². The molecule has 9 heteroatoms. The lowest BCUT2D eigenvalue weighted by molar-refractivity contribution is -0.117. The van der Waals surface area contributed by atoms with Crippen LogP contribution in [0.5, 0.6) is 5.75 Å². The van der Waals surface area contributed by atoms with Crippen molar-refractivity contribution in [1.82, 2.24) is 4.98 Å². The van der Waals surface area contributed by atoms with Crippen LogP contribution in [0, 0.1) is 13.8 Å². The molecule has 3 aromatic rings. The molecule has 1 atom stereocenters. The number of aryl methyl sites for hydroxylation is 2. The number of thiazole rings is 1. The summed E-state index contributed by atoms with van der Waals surface area (Å²) in [6.45, 7) is 5.61. The predicted molar refractivity (Wildman–Crippen MR) is 131 cm³/mol. The van der Waals surface area contributed by atoms with Crippen molar-refractivity contribution in [2.75, 3.05) is 11.5 Å². The van der Waals surface area contributed by atoms with Gasteiger partial charge in [-0.05, 0) is 56.2 Å². The normalized spacial score (nSPS) is 15.6. The van der Waals surface area contributed by atoms with Crippen LogP contribution in [-0.4, -0.2) is 39.5 Å². The Morgan fingerprint density at radius 2 is 1.83 bits per heavy atom. The molecule has 2 aromatic carbocycles. The Balaban J connectivity index is 1.83. The van der Waals surface area contributed by atoms with Crippen molar-refractivity contribution in [3.63, 3.8) is 0 Å². The second-order valence-corrected chi connectivity index (χ2v) is 9.30. The lowest BCUT2D eigenvalue weighted by Gasteiger charge is -2.27. The standard InChI is InChI=1S/C26H24N2O6S/c1-4-12-34-26(33)17-6-5-7-18(13-17)28-21(16-8-10-19(29)11-9-16)20(23(31)25(28)32)22(30)24-14(2)27-15(3)35-24/h5-11,13,21,29,31H,4,12H2,1-3H3. The number of Topliss-reactive ketones (excluding diaryl/α,β-unsaturated/α-hetero) is 1. The van der Waals surface area contributed by atoms with Gasteiger partial charge in [-0.1, -0.05) is 25.1 Å². The number of anilines is 1. The number of phenols is 1. The highest BCUT2D eigenvalue weighted by Crippen LogP contribution is 2.43. The molecule has 0 spiro atoms. The zero-order valence-electron chi connectivity index (χ0n) is 19.4. The molecule has 1 amide bonds. The number of aliphatic hydroxyl groups is 1. The molecule has 4 rings (SSSR count). The number of phenolic OH excluding ortho intramolecular Hbond substituents is 1. The summed E-state index contributed by atoms with van der Waals surface area (Å²) in [6, 6.07) is 11.3. The minimum absolute atomic E-state index is 0.0142. The fourth-order valence-electron chi connectivity index (χ4n) is 4.00. The number of aromatic hydroxyl groups is 1. The van der Waals surface area contributed by atoms with Gasteiger partial charge in [-0.15, -0.1) is 11.3 Å². The first-order valence-corrected chi connectivity index (χ1v) is 11.9. The molecule has 0 bridgehead atoms. The number of ether oxygens (including phenoxy) is 1. The highest BCUT2D eigenvalue weighted by Gasteiger charge is 2.45. The third-order valence-corrected chi connectivity index (χ3v) is 6.64. The van der Waals surface area contributed by atoms with Crippen LogP contribution in [0.25, 0.3) is 0 Å². The molecule has 0 radical (unpaired) electrons. The molecule has 1 aliphatic heterocycles. The Labute approximate surface area is 206 Å². The number of nitrogens with zero attached hydrogens (tertiary/aromatic N) is 2. The fraction of sp³-hybridized carbons (Fsp3) is 0.231. The molecule has 1 aromatic heterocycles. The third-order valence-electron chi connectivity index (χ3n) is 5.57. The zero-order chi connectivity index (χ0) is 25.3. The van der Waals surface area contributed by atoms with Gasteiger partial charge in [0.15, 0.2) is 5.76 Å². The van der Waals surface area contributed by atoms with Gasteiger partial charge in [-0.25, -0.2) is 9.78 Å². The number of carbonyl (C=O) groups excluding carboxylic acids is 3. The van der Waals surface area contributed by atoms with E-state index >= 15 is 0 Å². The number of benzene rings is 2. The van der Waals surface area contributed by atoms with Crippen molar-refractivity contribution >= 4 is 34.7 Å². The third kappa shape index (κ3) is 4.54. The smallest absolute Gasteiger partial charge is 0.338 e. The summed E-state index contributed by atoms with van der Waals surface area (Å²) in [6.07, 6.45) is 0.665. The van der Waals surface area contributed by atoms with Gasteiger partial charge in [-0.2, -0.15) is 0 Å². The van der Waals surface area contributed by atoms with Crippen LogP contribution in [0.4, 0.5) is 5.69 Å². The summed E-state index contributed by atoms with van der Waals surface area (Å²) in [4.78, 5) is 45.3. The van der Waals surface area contributed by atoms with E-state index in [0.717, 1.165) is 0 Å². The predicted octanol–water partition coefficient (Wildman–Crippen LogP) is 4.82. The maximum atomic E-state index is 13.6. The van der Waals surface area contributed by atoms with E-state index in [0.29, 0.717) is 33.3 Å². The Morgan fingerprint density at radius 3 is 2.46 bits per heavy atom. The molecule has 35 heavy (non-hydrogen) atoms. The van der Waals surface area contributed by atoms with E-state index in [9.17, 15) is 24.6 Å². The SMILES string of the molecule is CCCOC(=O)c1cccc(N2C(=O)C(O)=C(C(=O)c3sc(C)nc3C)C2c2ccc(O)cc2)c1. The first-order chi connectivity index (χ1) is 16.7. The maximum absolute atomic E-state index is 13.6. The molecule has 1 unspecified atom stereocenters. The second kappa shape index (κ2) is 9.71. The van der Waals surface area contributed by atoms with Crippen LogP contribution in [0.2, 0.25) is 0 Å². The molecule has 0 aliphatic carbocycles. The Morgan fingerprint density at radius 1 is 1.11 bits per heavy atom. The van der Waals surface area contributed by atoms with Gasteiger partial charge in [0.25, 0.3) is 5.91 Å². The quantitative estimate of drug-likeness (QED) is 0.359. The molecular weight excluding hydrogens is 468 g/mol. The van der Waals surface area contributed by atoms with Crippen LogP contribution in [-0.2, 0) is 9.53 Å². The van der Waals surface area contributed by atoms with Gasteiger partial charge >= 0.3 is 5.97 Å². The first kappa shape index (κ1) is 24.2. The van der Waals surface area contributed by atoms with E-state index in [4.69, 9.17) is 4.74 Å². The van der Waals surface area contributed by atoms with Gasteiger partial charge in [-0.3, -0.25) is 14.5 Å². The number of carbonyl (C=O) groups is 3. The number of ketones is 1. The van der Waals surface area contributed by atoms with E-state index in [1.807, 2.05) is 6.92 Å². The van der Waals surface area contributed by atoms with Gasteiger partial charge in [0.2, 0.25) is 5.78 Å². The Bertz CT molecular complexity index is 1340. The van der Waals surface area contributed by atoms with Crippen molar-refractivity contribution in [2.45, 2.75) is 33.2 Å². The highest BCUT2D eigenvalue weighted by molar-refractivity contribution is 7.14. The van der Waals surface area contributed by atoms with Crippen LogP contribution in [0.1, 0.15) is 55.7 Å². The van der Waals surface area contributed by atoms with Crippen molar-refractivity contribution in [1.29, 1.82) is 0 Å². The lowest BCUT2D eigenvalue weighted by atomic mass is 9.94. The highest BCUT2D eigenvalue weighted by atomic mass is 32.1. The summed E-state index contributed by atoms with van der Waals surface area (Å²) in [5.74, 6) is -2.47. The van der Waals surface area contributed by atoms with Gasteiger partial charge < -0.3 is 14.9 Å². The van der Waals surface area contributed by atoms with E-state index in [1.54, 1.807) is 44.2 Å². The molecule has 180 valence electrons. The average Bonchev–Trinajstić information content (AvgIpc) is 3.32. The van der Waals surface area contributed by atoms with Crippen LogP contribution in [0.3, 0.4) is 0 Å². The summed E-state index contributed by atoms with van der Waals surface area (Å²) in [5.41, 5.74) is 1.47. The Kier molecular flexibility index (Phi) is 6.70. The van der Waals surface area contributed by atoms with Gasteiger partial charge in [0.05, 0.1) is 39.4 Å². The van der Waals surface area contributed by atoms with Crippen molar-refractivity contribution < 1.29 is 29.3 Å². The molecule has 2 N–H and O–H groups in total. The maximum Gasteiger partial charge on any atom is 0.338 e. The summed E-state index contributed by atoms with van der Waals surface area (Å²) >= 11 is 1.19. The number of hydrogen-bond acceptors (Lipinski definition) is 8. The minimum atomic E-state index is -0.987. The summed E-state index contributed by atoms with van der Waals surface area (Å²) in [7, 11) is 0. The van der Waals surface area contributed by atoms with E-state index in [2.05, 4.69) is 4.98 Å². The number of hydrogen-bond donors (Lipinski definition) is 2. The van der Waals surface area contributed by atoms with Crippen molar-refractivity contribution in [2.24, 2.45) is 0 Å². The molecule has 0 saturated heterocycles. The topological polar surface area (TPSA) is 117 Å². The second-order valence-electron chi connectivity index (χ2n) is 8.09. The fourth-order valence-corrected chi connectivity index (χ4v) is 4.87. The molecule has 2 heterocycles. The molecule has 8 nitrogen and oxygen atoms in total. The van der Waals surface area contributed by atoms with Crippen molar-refractivity contribution in [3.05, 3.63) is 86.6 Å². The van der Waals surface area contributed by atoms with Crippen molar-refractivity contribution in [3.8, 4) is 5.75 Å². The largest absolute Gasteiger partial charge is 0.508 e. The molecule has 1 aliphatic rings. The monoisotopic (exact) mass is 492 g/mol. The summed E-state index contributed by atoms with van der Waals surface area (Å²) in [5, 5.41) is 21.4. The first-order valence-electron chi connectivity index (χ1n) is 11.0. The lowest BCUT2D eigenvalue weighted by Crippen LogP contribution is -2.31. The van der Waals surface area contributed by atoms with Crippen LogP contribution < -0.4 is 4.90 Å². The number of aromatic nitrogens is 1. The summed E-state index contributed by atoms with van der Waals surface area (Å²) < 4.78 is 5.21. The van der Waals surface area contributed by atoms with E-state index < -0.39 is 29.5 Å². The molecule has 0 saturated carbocycles. The van der Waals surface area contributed by atoms with Gasteiger partial charge in [0.1, 0.15) is 5.75 Å². The molecule has 0 fully saturated rings. The number of esters is 1. The van der Waals surface area contributed by atoms with Gasteiger partial charge in [0, 0.05) is 5.69 Å². The number of aliphatic hydroxyl groups excluding tert-OH is 1. The van der Waals surface area contributed by atoms with Crippen LogP contribution >= 0.6 is 11.3 Å². The molecular formula is C26H24N2O6S. The minimum Gasteiger partial charge on any atom is -0.508 e. The number of amides is 1. The number of rotatable bonds is 7. The van der Waals surface area contributed by atoms with E-state index in [1.165, 1.54) is 34.4 Å². The Hall–Kier alpha value is -3.98. The van der Waals surface area contributed by atoms with Crippen LogP contribution in [0.15, 0.2) is 59.9 Å². The average molecular weight is 493 g/mol.